The highest BCUT2D eigenvalue weighted by Crippen LogP contribution is 2.21. The maximum absolute atomic E-state index is 11.7. The first kappa shape index (κ1) is 13.5. The van der Waals surface area contributed by atoms with Crippen molar-refractivity contribution in [3.8, 4) is 0 Å². The zero-order chi connectivity index (χ0) is 14.5. The molecule has 3 aromatic rings. The summed E-state index contributed by atoms with van der Waals surface area (Å²) in [6.45, 7) is 0.912. The third kappa shape index (κ3) is 3.55. The van der Waals surface area contributed by atoms with Crippen LogP contribution in [0, 0.1) is 0 Å². The van der Waals surface area contributed by atoms with Gasteiger partial charge in [0.15, 0.2) is 0 Å². The fourth-order valence-electron chi connectivity index (χ4n) is 1.90. The molecule has 5 nitrogen and oxygen atoms in total. The van der Waals surface area contributed by atoms with Crippen molar-refractivity contribution in [3.05, 3.63) is 59.4 Å². The van der Waals surface area contributed by atoms with Crippen LogP contribution in [0.5, 0.6) is 0 Å². The molecule has 0 atom stereocenters. The van der Waals surface area contributed by atoms with E-state index < -0.39 is 0 Å². The van der Waals surface area contributed by atoms with Crippen LogP contribution in [0.15, 0.2) is 48.8 Å². The molecule has 2 aromatic heterocycles. The zero-order valence-electron chi connectivity index (χ0n) is 11.2. The molecule has 0 fully saturated rings. The molecule has 0 saturated heterocycles. The highest BCUT2D eigenvalue weighted by molar-refractivity contribution is 7.18. The largest absolute Gasteiger partial charge is 0.334 e. The van der Waals surface area contributed by atoms with Crippen LogP contribution in [0.4, 0.5) is 4.79 Å². The molecule has 0 unspecified atom stereocenters. The highest BCUT2D eigenvalue weighted by Gasteiger charge is 2.05. The lowest BCUT2D eigenvalue weighted by atomic mass is 10.3. The molecule has 2 N–H and O–H groups in total. The predicted octanol–water partition coefficient (Wildman–Crippen LogP) is 2.69. The Morgan fingerprint density at radius 1 is 1.05 bits per heavy atom. The number of hydrogen-bond donors (Lipinski definition) is 2. The third-order valence-corrected chi connectivity index (χ3v) is 3.98. The molecule has 0 radical (unpaired) electrons. The summed E-state index contributed by atoms with van der Waals surface area (Å²) in [5.74, 6) is 0. The van der Waals surface area contributed by atoms with E-state index in [9.17, 15) is 4.79 Å². The minimum Gasteiger partial charge on any atom is -0.334 e. The van der Waals surface area contributed by atoms with E-state index in [2.05, 4.69) is 20.6 Å². The first-order chi connectivity index (χ1) is 10.3. The fourth-order valence-corrected chi connectivity index (χ4v) is 2.80. The summed E-state index contributed by atoms with van der Waals surface area (Å²) in [6, 6.07) is 11.5. The van der Waals surface area contributed by atoms with Crippen molar-refractivity contribution in [1.82, 2.24) is 20.6 Å². The van der Waals surface area contributed by atoms with E-state index in [-0.39, 0.29) is 6.03 Å². The maximum Gasteiger partial charge on any atom is 0.315 e. The number of aromatic nitrogens is 2. The molecule has 2 amide bonds. The Kier molecular flexibility index (Phi) is 4.07. The molecule has 1 aromatic carbocycles. The van der Waals surface area contributed by atoms with E-state index in [0.717, 1.165) is 20.8 Å². The van der Waals surface area contributed by atoms with Gasteiger partial charge in [-0.05, 0) is 29.8 Å². The number of carbonyl (C=O) groups excluding carboxylic acids is 1. The molecule has 0 aliphatic rings. The molecular formula is C15H14N4OS. The summed E-state index contributed by atoms with van der Waals surface area (Å²) < 4.78 is 1.13. The van der Waals surface area contributed by atoms with Crippen molar-refractivity contribution < 1.29 is 4.79 Å². The van der Waals surface area contributed by atoms with E-state index in [1.807, 2.05) is 36.4 Å². The lowest BCUT2D eigenvalue weighted by Gasteiger charge is -2.06. The van der Waals surface area contributed by atoms with Crippen molar-refractivity contribution in [3.63, 3.8) is 0 Å². The predicted molar refractivity (Wildman–Crippen MR) is 82.9 cm³/mol. The van der Waals surface area contributed by atoms with Gasteiger partial charge in [-0.25, -0.2) is 9.78 Å². The summed E-state index contributed by atoms with van der Waals surface area (Å²) in [6.07, 6.45) is 3.41. The van der Waals surface area contributed by atoms with Crippen LogP contribution in [0.3, 0.4) is 0 Å². The number of carbonyl (C=O) groups is 1. The Morgan fingerprint density at radius 2 is 1.81 bits per heavy atom. The second-order valence-corrected chi connectivity index (χ2v) is 5.58. The number of thiazole rings is 1. The highest BCUT2D eigenvalue weighted by atomic mass is 32.1. The SMILES string of the molecule is O=C(NCc1ccncc1)NCc1nc2ccccc2s1. The summed E-state index contributed by atoms with van der Waals surface area (Å²) in [7, 11) is 0. The molecule has 0 aliphatic heterocycles. The lowest BCUT2D eigenvalue weighted by Crippen LogP contribution is -2.34. The molecule has 3 rings (SSSR count). The maximum atomic E-state index is 11.7. The summed E-state index contributed by atoms with van der Waals surface area (Å²) in [4.78, 5) is 20.1. The number of pyridine rings is 1. The molecule has 0 bridgehead atoms. The van der Waals surface area contributed by atoms with Gasteiger partial charge < -0.3 is 10.6 Å². The molecule has 6 heteroatoms. The van der Waals surface area contributed by atoms with E-state index in [1.165, 1.54) is 0 Å². The van der Waals surface area contributed by atoms with Gasteiger partial charge in [0.2, 0.25) is 0 Å². The molecule has 0 saturated carbocycles. The minimum absolute atomic E-state index is 0.203. The normalized spacial score (nSPS) is 10.5. The van der Waals surface area contributed by atoms with Crippen LogP contribution in [-0.4, -0.2) is 16.0 Å². The molecule has 0 spiro atoms. The van der Waals surface area contributed by atoms with Crippen LogP contribution in [0.2, 0.25) is 0 Å². The van der Waals surface area contributed by atoms with Crippen molar-refractivity contribution >= 4 is 27.6 Å². The van der Waals surface area contributed by atoms with E-state index >= 15 is 0 Å². The second kappa shape index (κ2) is 6.32. The van der Waals surface area contributed by atoms with Gasteiger partial charge in [0.05, 0.1) is 16.8 Å². The quantitative estimate of drug-likeness (QED) is 0.778. The standard InChI is InChI=1S/C15H14N4OS/c20-15(17-9-11-5-7-16-8-6-11)18-10-14-19-12-3-1-2-4-13(12)21-14/h1-8H,9-10H2,(H2,17,18,20). The average Bonchev–Trinajstić information content (AvgIpc) is 2.95. The monoisotopic (exact) mass is 298 g/mol. The lowest BCUT2D eigenvalue weighted by molar-refractivity contribution is 0.240. The van der Waals surface area contributed by atoms with Crippen molar-refractivity contribution in [2.75, 3.05) is 0 Å². The van der Waals surface area contributed by atoms with Crippen molar-refractivity contribution in [2.24, 2.45) is 0 Å². The van der Waals surface area contributed by atoms with E-state index in [4.69, 9.17) is 0 Å². The van der Waals surface area contributed by atoms with Gasteiger partial charge in [-0.1, -0.05) is 12.1 Å². The van der Waals surface area contributed by atoms with Gasteiger partial charge in [0.25, 0.3) is 0 Å². The van der Waals surface area contributed by atoms with Crippen molar-refractivity contribution in [1.29, 1.82) is 0 Å². The zero-order valence-corrected chi connectivity index (χ0v) is 12.1. The first-order valence-electron chi connectivity index (χ1n) is 6.56. The Labute approximate surface area is 126 Å². The van der Waals surface area contributed by atoms with Gasteiger partial charge in [-0.2, -0.15) is 0 Å². The Morgan fingerprint density at radius 3 is 2.62 bits per heavy atom. The van der Waals surface area contributed by atoms with Gasteiger partial charge in [0, 0.05) is 18.9 Å². The summed E-state index contributed by atoms with van der Waals surface area (Å²) in [5, 5.41) is 6.51. The van der Waals surface area contributed by atoms with Crippen LogP contribution in [0.1, 0.15) is 10.6 Å². The van der Waals surface area contributed by atoms with E-state index in [1.54, 1.807) is 23.7 Å². The second-order valence-electron chi connectivity index (χ2n) is 4.47. The number of benzene rings is 1. The average molecular weight is 298 g/mol. The van der Waals surface area contributed by atoms with Crippen LogP contribution in [-0.2, 0) is 13.1 Å². The van der Waals surface area contributed by atoms with Crippen LogP contribution in [0.25, 0.3) is 10.2 Å². The summed E-state index contributed by atoms with van der Waals surface area (Å²) >= 11 is 1.59. The summed E-state index contributed by atoms with van der Waals surface area (Å²) in [5.41, 5.74) is 1.98. The molecular weight excluding hydrogens is 284 g/mol. The third-order valence-electron chi connectivity index (χ3n) is 2.94. The van der Waals surface area contributed by atoms with Crippen LogP contribution >= 0.6 is 11.3 Å². The number of urea groups is 1. The smallest absolute Gasteiger partial charge is 0.315 e. The van der Waals surface area contributed by atoms with E-state index in [0.29, 0.717) is 13.1 Å². The minimum atomic E-state index is -0.203. The Bertz CT molecular complexity index is 709. The van der Waals surface area contributed by atoms with Gasteiger partial charge in [-0.3, -0.25) is 4.98 Å². The van der Waals surface area contributed by atoms with Gasteiger partial charge in [0.1, 0.15) is 5.01 Å². The number of para-hydroxylation sites is 1. The number of nitrogens with one attached hydrogen (secondary N) is 2. The number of amides is 2. The number of hydrogen-bond acceptors (Lipinski definition) is 4. The van der Waals surface area contributed by atoms with Crippen molar-refractivity contribution in [2.45, 2.75) is 13.1 Å². The molecule has 21 heavy (non-hydrogen) atoms. The Balaban J connectivity index is 1.51. The van der Waals surface area contributed by atoms with Gasteiger partial charge >= 0.3 is 6.03 Å². The fraction of sp³-hybridized carbons (Fsp3) is 0.133. The molecule has 106 valence electrons. The number of fused-ring (bicyclic) bond motifs is 1. The van der Waals surface area contributed by atoms with Crippen LogP contribution < -0.4 is 10.6 Å². The number of rotatable bonds is 4. The first-order valence-corrected chi connectivity index (χ1v) is 7.38. The molecule has 0 aliphatic carbocycles. The molecule has 2 heterocycles. The number of nitrogens with zero attached hydrogens (tertiary/aromatic N) is 2. The Hall–Kier alpha value is -2.47. The van der Waals surface area contributed by atoms with Gasteiger partial charge in [-0.15, -0.1) is 11.3 Å². The topological polar surface area (TPSA) is 66.9 Å².